The maximum Gasteiger partial charge on any atom is 0.326 e. The highest BCUT2D eigenvalue weighted by molar-refractivity contribution is 8.18. The van der Waals surface area contributed by atoms with Gasteiger partial charge in [-0.25, -0.2) is 0 Å². The number of hydrogen-bond acceptors (Lipinski definition) is 8. The predicted octanol–water partition coefficient (Wildman–Crippen LogP) is 3.98. The molecule has 2 heterocycles. The number of carbonyl (C=O) groups excluding carboxylic acids is 3. The summed E-state index contributed by atoms with van der Waals surface area (Å²) in [5.74, 6) is 0.952. The third kappa shape index (κ3) is 5.05. The van der Waals surface area contributed by atoms with Crippen LogP contribution in [-0.2, 0) is 20.9 Å². The minimum atomic E-state index is -0.618. The highest BCUT2D eigenvalue weighted by Crippen LogP contribution is 2.34. The first-order valence-corrected chi connectivity index (χ1v) is 10.8. The smallest absolute Gasteiger partial charge is 0.326 e. The number of thioether (sulfide) groups is 1. The van der Waals surface area contributed by atoms with Crippen molar-refractivity contribution in [3.63, 3.8) is 0 Å². The molecule has 0 spiro atoms. The maximum atomic E-state index is 12.5. The van der Waals surface area contributed by atoms with Crippen LogP contribution >= 0.6 is 11.8 Å². The van der Waals surface area contributed by atoms with Gasteiger partial charge in [0, 0.05) is 0 Å². The van der Waals surface area contributed by atoms with E-state index in [-0.39, 0.29) is 17.8 Å². The second-order valence-electron chi connectivity index (χ2n) is 7.35. The molecule has 8 nitrogen and oxygen atoms in total. The quantitative estimate of drug-likeness (QED) is 0.457. The summed E-state index contributed by atoms with van der Waals surface area (Å²) >= 11 is 0.796. The number of carbonyl (C=O) groups is 3. The van der Waals surface area contributed by atoms with E-state index in [1.165, 1.54) is 0 Å². The van der Waals surface area contributed by atoms with Gasteiger partial charge in [0.05, 0.1) is 11.0 Å². The molecule has 0 saturated carbocycles. The lowest BCUT2D eigenvalue weighted by Gasteiger charge is -2.13. The summed E-state index contributed by atoms with van der Waals surface area (Å²) in [4.78, 5) is 37.6. The number of esters is 1. The number of ether oxygens (including phenoxy) is 4. The Kier molecular flexibility index (Phi) is 6.36. The first-order valence-electron chi connectivity index (χ1n) is 9.95. The molecule has 2 aromatic carbocycles. The number of rotatable bonds is 7. The van der Waals surface area contributed by atoms with Crippen molar-refractivity contribution in [2.75, 3.05) is 13.3 Å². The molecular formula is C23H21NO7S. The number of nitrogens with zero attached hydrogens (tertiary/aromatic N) is 1. The van der Waals surface area contributed by atoms with Crippen LogP contribution in [0.25, 0.3) is 6.08 Å². The van der Waals surface area contributed by atoms with Crippen LogP contribution in [-0.4, -0.2) is 41.5 Å². The normalized spacial score (nSPS) is 16.2. The van der Waals surface area contributed by atoms with Crippen molar-refractivity contribution >= 4 is 35.0 Å². The Balaban J connectivity index is 1.36. The Morgan fingerprint density at radius 3 is 2.62 bits per heavy atom. The molecule has 0 radical (unpaired) electrons. The summed E-state index contributed by atoms with van der Waals surface area (Å²) in [6, 6.07) is 12.8. The van der Waals surface area contributed by atoms with E-state index in [4.69, 9.17) is 18.9 Å². The van der Waals surface area contributed by atoms with E-state index >= 15 is 0 Å². The van der Waals surface area contributed by atoms with Crippen LogP contribution in [0.15, 0.2) is 47.4 Å². The molecular weight excluding hydrogens is 434 g/mol. The van der Waals surface area contributed by atoms with Gasteiger partial charge in [-0.1, -0.05) is 18.2 Å². The molecule has 32 heavy (non-hydrogen) atoms. The number of fused-ring (bicyclic) bond motifs is 1. The third-order valence-corrected chi connectivity index (χ3v) is 5.46. The summed E-state index contributed by atoms with van der Waals surface area (Å²) in [5, 5.41) is -0.495. The van der Waals surface area contributed by atoms with Gasteiger partial charge in [-0.05, 0) is 67.1 Å². The lowest BCUT2D eigenvalue weighted by Crippen LogP contribution is -2.35. The van der Waals surface area contributed by atoms with Crippen LogP contribution in [0.4, 0.5) is 4.79 Å². The molecule has 0 atom stereocenters. The fourth-order valence-corrected chi connectivity index (χ4v) is 3.91. The SMILES string of the molecule is CC(C)OC(=O)CN1C(=O)S/C(=C\c2ccc(OCc3ccc4c(c3)OCO4)cc2)C1=O. The molecule has 1 saturated heterocycles. The van der Waals surface area contributed by atoms with Crippen LogP contribution in [0, 0.1) is 0 Å². The zero-order valence-electron chi connectivity index (χ0n) is 17.5. The van der Waals surface area contributed by atoms with Gasteiger partial charge in [-0.2, -0.15) is 0 Å². The Morgan fingerprint density at radius 1 is 1.12 bits per heavy atom. The monoisotopic (exact) mass is 455 g/mol. The zero-order chi connectivity index (χ0) is 22.7. The van der Waals surface area contributed by atoms with Gasteiger partial charge in [0.1, 0.15) is 18.9 Å². The fraction of sp³-hybridized carbons (Fsp3) is 0.261. The van der Waals surface area contributed by atoms with Crippen LogP contribution in [0.1, 0.15) is 25.0 Å². The van der Waals surface area contributed by atoms with Gasteiger partial charge in [-0.15, -0.1) is 0 Å². The molecule has 0 bridgehead atoms. The van der Waals surface area contributed by atoms with Gasteiger partial charge >= 0.3 is 5.97 Å². The van der Waals surface area contributed by atoms with Crippen molar-refractivity contribution in [2.45, 2.75) is 26.6 Å². The predicted molar refractivity (Wildman–Crippen MR) is 117 cm³/mol. The minimum absolute atomic E-state index is 0.225. The van der Waals surface area contributed by atoms with E-state index in [0.29, 0.717) is 18.1 Å². The molecule has 4 rings (SSSR count). The van der Waals surface area contributed by atoms with Crippen molar-refractivity contribution in [1.29, 1.82) is 0 Å². The van der Waals surface area contributed by atoms with E-state index in [1.807, 2.05) is 18.2 Å². The van der Waals surface area contributed by atoms with Gasteiger partial charge in [0.2, 0.25) is 6.79 Å². The molecule has 1 fully saturated rings. The molecule has 0 aromatic heterocycles. The molecule has 2 aromatic rings. The van der Waals surface area contributed by atoms with Gasteiger partial charge < -0.3 is 18.9 Å². The van der Waals surface area contributed by atoms with Crippen molar-refractivity contribution in [3.05, 3.63) is 58.5 Å². The van der Waals surface area contributed by atoms with E-state index in [9.17, 15) is 14.4 Å². The van der Waals surface area contributed by atoms with E-state index in [1.54, 1.807) is 44.2 Å². The van der Waals surface area contributed by atoms with Crippen LogP contribution in [0.2, 0.25) is 0 Å². The third-order valence-electron chi connectivity index (χ3n) is 4.55. The average Bonchev–Trinajstić information content (AvgIpc) is 3.32. The maximum absolute atomic E-state index is 12.5. The Hall–Kier alpha value is -3.46. The van der Waals surface area contributed by atoms with E-state index < -0.39 is 23.7 Å². The zero-order valence-corrected chi connectivity index (χ0v) is 18.3. The van der Waals surface area contributed by atoms with Gasteiger partial charge in [-0.3, -0.25) is 19.3 Å². The summed E-state index contributed by atoms with van der Waals surface area (Å²) in [6.07, 6.45) is 1.30. The second kappa shape index (κ2) is 9.35. The highest BCUT2D eigenvalue weighted by Gasteiger charge is 2.36. The summed E-state index contributed by atoms with van der Waals surface area (Å²) in [7, 11) is 0. The van der Waals surface area contributed by atoms with Gasteiger partial charge in [0.15, 0.2) is 11.5 Å². The topological polar surface area (TPSA) is 91.4 Å². The van der Waals surface area contributed by atoms with Crippen molar-refractivity contribution < 1.29 is 33.3 Å². The minimum Gasteiger partial charge on any atom is -0.489 e. The first kappa shape index (κ1) is 21.8. The van der Waals surface area contributed by atoms with Crippen LogP contribution < -0.4 is 14.2 Å². The average molecular weight is 455 g/mol. The first-order chi connectivity index (χ1) is 15.4. The molecule has 166 valence electrons. The number of benzene rings is 2. The number of amides is 2. The molecule has 0 N–H and O–H groups in total. The summed E-state index contributed by atoms with van der Waals surface area (Å²) < 4.78 is 21.5. The molecule has 0 unspecified atom stereocenters. The number of hydrogen-bond donors (Lipinski definition) is 0. The van der Waals surface area contributed by atoms with Crippen LogP contribution in [0.5, 0.6) is 17.2 Å². The van der Waals surface area contributed by atoms with E-state index in [2.05, 4.69) is 0 Å². The molecule has 2 amide bonds. The molecule has 0 aliphatic carbocycles. The second-order valence-corrected chi connectivity index (χ2v) is 8.34. The lowest BCUT2D eigenvalue weighted by atomic mass is 10.2. The van der Waals surface area contributed by atoms with Crippen molar-refractivity contribution in [3.8, 4) is 17.2 Å². The lowest BCUT2D eigenvalue weighted by molar-refractivity contribution is -0.149. The van der Waals surface area contributed by atoms with Crippen LogP contribution in [0.3, 0.4) is 0 Å². The Morgan fingerprint density at radius 2 is 1.88 bits per heavy atom. The largest absolute Gasteiger partial charge is 0.489 e. The van der Waals surface area contributed by atoms with Crippen molar-refractivity contribution in [1.82, 2.24) is 4.90 Å². The Labute approximate surface area is 189 Å². The van der Waals surface area contributed by atoms with Gasteiger partial charge in [0.25, 0.3) is 11.1 Å². The standard InChI is InChI=1S/C23H21NO7S/c1-14(2)31-21(25)11-24-22(26)20(32-23(24)27)10-15-3-6-17(7-4-15)28-12-16-5-8-18-19(9-16)30-13-29-18/h3-10,14H,11-13H2,1-2H3/b20-10-. The molecule has 2 aliphatic heterocycles. The Bertz CT molecular complexity index is 1080. The fourth-order valence-electron chi connectivity index (χ4n) is 3.07. The molecule has 9 heteroatoms. The highest BCUT2D eigenvalue weighted by atomic mass is 32.2. The van der Waals surface area contributed by atoms with E-state index in [0.717, 1.165) is 33.5 Å². The molecule has 2 aliphatic rings. The number of imide groups is 1. The summed E-state index contributed by atoms with van der Waals surface area (Å²) in [5.41, 5.74) is 1.68. The van der Waals surface area contributed by atoms with Crippen molar-refractivity contribution in [2.24, 2.45) is 0 Å². The summed E-state index contributed by atoms with van der Waals surface area (Å²) in [6.45, 7) is 3.60.